The Hall–Kier alpha value is -2.25. The number of aromatic hydroxyl groups is 1. The fourth-order valence-corrected chi connectivity index (χ4v) is 3.21. The average molecular weight is 384 g/mol. The van der Waals surface area contributed by atoms with Gasteiger partial charge in [0, 0.05) is 11.4 Å². The zero-order valence-electron chi connectivity index (χ0n) is 13.8. The first kappa shape index (κ1) is 19.1. The van der Waals surface area contributed by atoms with Crippen LogP contribution in [-0.2, 0) is 16.1 Å². The van der Waals surface area contributed by atoms with E-state index in [1.165, 1.54) is 36.6 Å². The largest absolute Gasteiger partial charge is 0.507 e. The highest BCUT2D eigenvalue weighted by molar-refractivity contribution is 7.16. The summed E-state index contributed by atoms with van der Waals surface area (Å²) in [5, 5.41) is 9.76. The van der Waals surface area contributed by atoms with Crippen molar-refractivity contribution < 1.29 is 24.2 Å². The molecule has 8 heteroatoms. The molecular weight excluding hydrogens is 366 g/mol. The van der Waals surface area contributed by atoms with Gasteiger partial charge in [-0.3, -0.25) is 4.79 Å². The number of carbonyl (C=O) groups is 2. The van der Waals surface area contributed by atoms with E-state index in [9.17, 15) is 14.7 Å². The monoisotopic (exact) mass is 383 g/mol. The van der Waals surface area contributed by atoms with Crippen LogP contribution < -0.4 is 4.74 Å². The van der Waals surface area contributed by atoms with Gasteiger partial charge in [-0.25, -0.2) is 4.79 Å². The molecule has 1 aromatic heterocycles. The summed E-state index contributed by atoms with van der Waals surface area (Å²) >= 11 is 7.28. The van der Waals surface area contributed by atoms with Gasteiger partial charge in [-0.1, -0.05) is 11.6 Å². The van der Waals surface area contributed by atoms with Gasteiger partial charge in [-0.2, -0.15) is 0 Å². The highest BCUT2D eigenvalue weighted by Crippen LogP contribution is 2.24. The lowest BCUT2D eigenvalue weighted by atomic mass is 10.2. The van der Waals surface area contributed by atoms with Crippen molar-refractivity contribution in [3.63, 3.8) is 0 Å². The van der Waals surface area contributed by atoms with Crippen molar-refractivity contribution in [3.8, 4) is 11.5 Å². The topological polar surface area (TPSA) is 76.1 Å². The SMILES string of the molecule is CCN(Cc1ccc(Cl)s1)C(=O)COC(=O)c1cc(OC)ccc1O. The number of rotatable bonds is 7. The molecule has 0 fully saturated rings. The Balaban J connectivity index is 1.96. The maximum absolute atomic E-state index is 12.3. The molecule has 6 nitrogen and oxygen atoms in total. The Morgan fingerprint density at radius 2 is 2.04 bits per heavy atom. The third-order valence-corrected chi connectivity index (χ3v) is 4.68. The van der Waals surface area contributed by atoms with Crippen molar-refractivity contribution in [2.45, 2.75) is 13.5 Å². The fraction of sp³-hybridized carbons (Fsp3) is 0.294. The van der Waals surface area contributed by atoms with E-state index in [0.29, 0.717) is 23.2 Å². The minimum Gasteiger partial charge on any atom is -0.507 e. The normalized spacial score (nSPS) is 10.4. The summed E-state index contributed by atoms with van der Waals surface area (Å²) < 4.78 is 10.7. The van der Waals surface area contributed by atoms with Gasteiger partial charge >= 0.3 is 5.97 Å². The van der Waals surface area contributed by atoms with Gasteiger partial charge in [0.05, 0.1) is 18.0 Å². The molecule has 1 amide bonds. The lowest BCUT2D eigenvalue weighted by molar-refractivity contribution is -0.134. The van der Waals surface area contributed by atoms with Crippen molar-refractivity contribution >= 4 is 34.8 Å². The second kappa shape index (κ2) is 8.73. The van der Waals surface area contributed by atoms with E-state index in [1.807, 2.05) is 13.0 Å². The molecule has 0 aliphatic carbocycles. The van der Waals surface area contributed by atoms with Crippen molar-refractivity contribution in [3.05, 3.63) is 45.1 Å². The first-order valence-corrected chi connectivity index (χ1v) is 8.70. The van der Waals surface area contributed by atoms with Crippen LogP contribution in [0.3, 0.4) is 0 Å². The van der Waals surface area contributed by atoms with Crippen LogP contribution in [0.1, 0.15) is 22.2 Å². The molecule has 2 rings (SSSR count). The molecule has 25 heavy (non-hydrogen) atoms. The maximum Gasteiger partial charge on any atom is 0.342 e. The Morgan fingerprint density at radius 3 is 2.64 bits per heavy atom. The molecule has 134 valence electrons. The van der Waals surface area contributed by atoms with Gasteiger partial charge in [-0.15, -0.1) is 11.3 Å². The zero-order chi connectivity index (χ0) is 18.4. The van der Waals surface area contributed by atoms with Gasteiger partial charge in [0.2, 0.25) is 0 Å². The number of hydrogen-bond acceptors (Lipinski definition) is 6. The first-order valence-electron chi connectivity index (χ1n) is 7.50. The molecule has 0 spiro atoms. The Bertz CT molecular complexity index is 761. The first-order chi connectivity index (χ1) is 11.9. The molecule has 0 atom stereocenters. The molecule has 1 heterocycles. The van der Waals surface area contributed by atoms with Crippen LogP contribution >= 0.6 is 22.9 Å². The van der Waals surface area contributed by atoms with E-state index >= 15 is 0 Å². The molecule has 2 aromatic rings. The number of thiophene rings is 1. The van der Waals surface area contributed by atoms with Crippen LogP contribution in [0.25, 0.3) is 0 Å². The Morgan fingerprint density at radius 1 is 1.28 bits per heavy atom. The van der Waals surface area contributed by atoms with Crippen LogP contribution in [0, 0.1) is 0 Å². The predicted molar refractivity (Wildman–Crippen MR) is 95.4 cm³/mol. The zero-order valence-corrected chi connectivity index (χ0v) is 15.4. The number of carbonyl (C=O) groups excluding carboxylic acids is 2. The number of amides is 1. The number of ether oxygens (including phenoxy) is 2. The number of likely N-dealkylation sites (N-methyl/N-ethyl adjacent to an activating group) is 1. The molecule has 0 radical (unpaired) electrons. The third kappa shape index (κ3) is 5.11. The van der Waals surface area contributed by atoms with Crippen LogP contribution in [-0.4, -0.2) is 42.1 Å². The number of hydrogen-bond donors (Lipinski definition) is 1. The predicted octanol–water partition coefficient (Wildman–Crippen LogP) is 3.32. The summed E-state index contributed by atoms with van der Waals surface area (Å²) in [7, 11) is 1.45. The van der Waals surface area contributed by atoms with Crippen LogP contribution in [0.2, 0.25) is 4.34 Å². The summed E-state index contributed by atoms with van der Waals surface area (Å²) in [6, 6.07) is 7.82. The van der Waals surface area contributed by atoms with E-state index in [0.717, 1.165) is 4.88 Å². The lowest BCUT2D eigenvalue weighted by Gasteiger charge is -2.20. The average Bonchev–Trinajstić information content (AvgIpc) is 3.02. The minimum atomic E-state index is -0.792. The van der Waals surface area contributed by atoms with Gasteiger partial charge in [-0.05, 0) is 37.3 Å². The van der Waals surface area contributed by atoms with Crippen molar-refractivity contribution in [2.24, 2.45) is 0 Å². The van der Waals surface area contributed by atoms with Gasteiger partial charge in [0.15, 0.2) is 6.61 Å². The van der Waals surface area contributed by atoms with Crippen molar-refractivity contribution in [2.75, 3.05) is 20.3 Å². The number of phenols is 1. The van der Waals surface area contributed by atoms with E-state index in [2.05, 4.69) is 0 Å². The summed E-state index contributed by atoms with van der Waals surface area (Å²) in [6.07, 6.45) is 0. The number of halogens is 1. The lowest BCUT2D eigenvalue weighted by Crippen LogP contribution is -2.33. The standard InChI is InChI=1S/C17H18ClNO5S/c1-3-19(9-12-5-7-15(18)25-12)16(21)10-24-17(22)13-8-11(23-2)4-6-14(13)20/h4-8,20H,3,9-10H2,1-2H3. The van der Waals surface area contributed by atoms with E-state index < -0.39 is 12.6 Å². The second-order valence-corrected chi connectivity index (χ2v) is 6.87. The number of benzene rings is 1. The summed E-state index contributed by atoms with van der Waals surface area (Å²) in [5.74, 6) is -0.956. The Kier molecular flexibility index (Phi) is 6.66. The number of phenolic OH excluding ortho intramolecular Hbond substituents is 1. The number of esters is 1. The van der Waals surface area contributed by atoms with E-state index in [1.54, 1.807) is 11.0 Å². The van der Waals surface area contributed by atoms with E-state index in [-0.39, 0.29) is 17.2 Å². The number of methoxy groups -OCH3 is 1. The quantitative estimate of drug-likeness (QED) is 0.742. The van der Waals surface area contributed by atoms with E-state index in [4.69, 9.17) is 21.1 Å². The molecule has 1 aromatic carbocycles. The smallest absolute Gasteiger partial charge is 0.342 e. The molecule has 1 N–H and O–H groups in total. The third-order valence-electron chi connectivity index (χ3n) is 3.46. The minimum absolute atomic E-state index is 0.0553. The summed E-state index contributed by atoms with van der Waals surface area (Å²) in [6.45, 7) is 2.29. The van der Waals surface area contributed by atoms with Gasteiger partial charge in [0.25, 0.3) is 5.91 Å². The summed E-state index contributed by atoms with van der Waals surface area (Å²) in [5.41, 5.74) is -0.0553. The van der Waals surface area contributed by atoms with Gasteiger partial charge < -0.3 is 19.5 Å². The molecule has 0 aliphatic rings. The molecule has 0 saturated carbocycles. The van der Waals surface area contributed by atoms with Crippen LogP contribution in [0.5, 0.6) is 11.5 Å². The second-order valence-electron chi connectivity index (χ2n) is 5.07. The van der Waals surface area contributed by atoms with Gasteiger partial charge in [0.1, 0.15) is 17.1 Å². The molecule has 0 saturated heterocycles. The highest BCUT2D eigenvalue weighted by Gasteiger charge is 2.19. The maximum atomic E-state index is 12.3. The highest BCUT2D eigenvalue weighted by atomic mass is 35.5. The fourth-order valence-electron chi connectivity index (χ4n) is 2.10. The molecular formula is C17H18ClNO5S. The molecule has 0 unspecified atom stereocenters. The van der Waals surface area contributed by atoms with Crippen LogP contribution in [0.4, 0.5) is 0 Å². The van der Waals surface area contributed by atoms with Crippen LogP contribution in [0.15, 0.2) is 30.3 Å². The molecule has 0 bridgehead atoms. The number of nitrogens with zero attached hydrogens (tertiary/aromatic N) is 1. The van der Waals surface area contributed by atoms with Crippen molar-refractivity contribution in [1.82, 2.24) is 4.90 Å². The van der Waals surface area contributed by atoms with Crippen molar-refractivity contribution in [1.29, 1.82) is 0 Å². The molecule has 0 aliphatic heterocycles. The Labute approximate surface area is 154 Å². The summed E-state index contributed by atoms with van der Waals surface area (Å²) in [4.78, 5) is 26.8.